The van der Waals surface area contributed by atoms with Crippen LogP contribution < -0.4 is 5.32 Å². The van der Waals surface area contributed by atoms with E-state index in [9.17, 15) is 14.9 Å². The van der Waals surface area contributed by atoms with E-state index < -0.39 is 4.92 Å². The van der Waals surface area contributed by atoms with Crippen molar-refractivity contribution >= 4 is 34.5 Å². The molecule has 0 unspecified atom stereocenters. The summed E-state index contributed by atoms with van der Waals surface area (Å²) in [7, 11) is 0. The summed E-state index contributed by atoms with van der Waals surface area (Å²) >= 11 is 0. The summed E-state index contributed by atoms with van der Waals surface area (Å²) in [6.45, 7) is 0. The Labute approximate surface area is 165 Å². The number of amides is 1. The number of anilines is 1. The topological polar surface area (TPSA) is 98.3 Å². The number of rotatable bonds is 5. The first-order chi connectivity index (χ1) is 14.1. The number of aromatic nitrogens is 1. The van der Waals surface area contributed by atoms with E-state index in [0.717, 1.165) is 5.56 Å². The van der Waals surface area contributed by atoms with Crippen LogP contribution in [0.25, 0.3) is 28.6 Å². The number of hydrogen-bond acceptors (Lipinski definition) is 5. The summed E-state index contributed by atoms with van der Waals surface area (Å²) in [6.07, 6.45) is 2.84. The number of fused-ring (bicyclic) bond motifs is 1. The molecule has 0 spiro atoms. The molecule has 1 heterocycles. The van der Waals surface area contributed by atoms with Crippen molar-refractivity contribution in [1.82, 2.24) is 4.98 Å². The van der Waals surface area contributed by atoms with Crippen molar-refractivity contribution in [3.8, 4) is 11.5 Å². The lowest BCUT2D eigenvalue weighted by Gasteiger charge is -2.01. The Morgan fingerprint density at radius 3 is 2.66 bits per heavy atom. The molecule has 0 saturated carbocycles. The molecule has 0 aliphatic heterocycles. The van der Waals surface area contributed by atoms with Crippen molar-refractivity contribution in [2.24, 2.45) is 0 Å². The number of carbonyl (C=O) groups is 1. The number of nitro benzene ring substituents is 1. The second kappa shape index (κ2) is 7.77. The molecule has 7 heteroatoms. The minimum absolute atomic E-state index is 0.0294. The van der Waals surface area contributed by atoms with E-state index in [0.29, 0.717) is 28.2 Å². The van der Waals surface area contributed by atoms with Gasteiger partial charge in [0.05, 0.1) is 4.92 Å². The van der Waals surface area contributed by atoms with Gasteiger partial charge >= 0.3 is 0 Å². The molecule has 1 amide bonds. The largest absolute Gasteiger partial charge is 0.436 e. The molecule has 0 radical (unpaired) electrons. The Morgan fingerprint density at radius 1 is 1.03 bits per heavy atom. The van der Waals surface area contributed by atoms with Crippen molar-refractivity contribution in [2.45, 2.75) is 0 Å². The number of hydrogen-bond donors (Lipinski definition) is 1. The van der Waals surface area contributed by atoms with Gasteiger partial charge in [0, 0.05) is 29.5 Å². The average Bonchev–Trinajstić information content (AvgIpc) is 3.16. The van der Waals surface area contributed by atoms with Gasteiger partial charge in [0.1, 0.15) is 5.52 Å². The molecule has 0 aliphatic rings. The molecule has 4 rings (SSSR count). The molecule has 1 aromatic heterocycles. The monoisotopic (exact) mass is 385 g/mol. The van der Waals surface area contributed by atoms with Crippen LogP contribution in [0.3, 0.4) is 0 Å². The Morgan fingerprint density at radius 2 is 1.86 bits per heavy atom. The minimum atomic E-state index is -0.478. The first-order valence-electron chi connectivity index (χ1n) is 8.78. The van der Waals surface area contributed by atoms with Crippen LogP contribution in [0.4, 0.5) is 11.4 Å². The minimum Gasteiger partial charge on any atom is -0.436 e. The number of nitrogens with one attached hydrogen (secondary N) is 1. The third-order valence-corrected chi connectivity index (χ3v) is 4.18. The fourth-order valence-electron chi connectivity index (χ4n) is 2.81. The van der Waals surface area contributed by atoms with Crippen LogP contribution in [0.1, 0.15) is 5.56 Å². The highest BCUT2D eigenvalue weighted by Crippen LogP contribution is 2.26. The molecule has 0 bridgehead atoms. The summed E-state index contributed by atoms with van der Waals surface area (Å²) in [5.74, 6) is 0.150. The molecular weight excluding hydrogens is 370 g/mol. The van der Waals surface area contributed by atoms with E-state index >= 15 is 0 Å². The maximum atomic E-state index is 12.2. The number of carbonyl (C=O) groups excluding carboxylic acids is 1. The molecule has 142 valence electrons. The lowest BCUT2D eigenvalue weighted by molar-refractivity contribution is -0.384. The van der Waals surface area contributed by atoms with Gasteiger partial charge in [-0.05, 0) is 42.0 Å². The third kappa shape index (κ3) is 4.19. The van der Waals surface area contributed by atoms with Gasteiger partial charge in [-0.1, -0.05) is 30.3 Å². The summed E-state index contributed by atoms with van der Waals surface area (Å²) in [6, 6.07) is 20.8. The van der Waals surface area contributed by atoms with Gasteiger partial charge in [0.15, 0.2) is 5.58 Å². The van der Waals surface area contributed by atoms with Gasteiger partial charge in [-0.25, -0.2) is 4.98 Å². The highest BCUT2D eigenvalue weighted by atomic mass is 16.6. The third-order valence-electron chi connectivity index (χ3n) is 4.18. The van der Waals surface area contributed by atoms with E-state index in [1.165, 1.54) is 24.3 Å². The summed E-state index contributed by atoms with van der Waals surface area (Å²) in [4.78, 5) is 27.0. The van der Waals surface area contributed by atoms with Gasteiger partial charge in [-0.3, -0.25) is 14.9 Å². The Kier molecular flexibility index (Phi) is 4.86. The standard InChI is InChI=1S/C22H15N3O4/c26-21(12-9-15-5-4-8-18(13-15)25(27)28)23-17-10-11-20-19(14-17)24-22(29-20)16-6-2-1-3-7-16/h1-14H,(H,23,26). The number of nitrogens with zero attached hydrogens (tertiary/aromatic N) is 2. The van der Waals surface area contributed by atoms with Gasteiger partial charge in [0.25, 0.3) is 5.69 Å². The highest BCUT2D eigenvalue weighted by Gasteiger charge is 2.09. The smallest absolute Gasteiger partial charge is 0.270 e. The molecule has 4 aromatic rings. The first kappa shape index (κ1) is 18.1. The van der Waals surface area contributed by atoms with Crippen LogP contribution in [0.2, 0.25) is 0 Å². The number of benzene rings is 3. The Bertz CT molecular complexity index is 1230. The van der Waals surface area contributed by atoms with Crippen molar-refractivity contribution in [3.63, 3.8) is 0 Å². The predicted molar refractivity (Wildman–Crippen MR) is 110 cm³/mol. The molecule has 0 aliphatic carbocycles. The average molecular weight is 385 g/mol. The van der Waals surface area contributed by atoms with Gasteiger partial charge in [0.2, 0.25) is 11.8 Å². The second-order valence-corrected chi connectivity index (χ2v) is 6.24. The maximum absolute atomic E-state index is 12.2. The molecule has 0 atom stereocenters. The SMILES string of the molecule is O=C(C=Cc1cccc([N+](=O)[O-])c1)Nc1ccc2oc(-c3ccccc3)nc2c1. The lowest BCUT2D eigenvalue weighted by Crippen LogP contribution is -2.07. The normalized spacial score (nSPS) is 11.0. The fourth-order valence-corrected chi connectivity index (χ4v) is 2.81. The number of non-ortho nitro benzene ring substituents is 1. The highest BCUT2D eigenvalue weighted by molar-refractivity contribution is 6.02. The zero-order valence-electron chi connectivity index (χ0n) is 15.1. The van der Waals surface area contributed by atoms with E-state index in [1.54, 1.807) is 30.3 Å². The Balaban J connectivity index is 1.49. The van der Waals surface area contributed by atoms with E-state index in [4.69, 9.17) is 4.42 Å². The first-order valence-corrected chi connectivity index (χ1v) is 8.78. The molecule has 0 saturated heterocycles. The van der Waals surface area contributed by atoms with Crippen LogP contribution in [0.5, 0.6) is 0 Å². The Hall–Kier alpha value is -4.26. The fraction of sp³-hybridized carbons (Fsp3) is 0. The number of oxazole rings is 1. The maximum Gasteiger partial charge on any atom is 0.270 e. The van der Waals surface area contributed by atoms with Crippen LogP contribution >= 0.6 is 0 Å². The van der Waals surface area contributed by atoms with Crippen molar-refractivity contribution in [3.05, 3.63) is 94.6 Å². The zero-order valence-corrected chi connectivity index (χ0v) is 15.1. The van der Waals surface area contributed by atoms with Gasteiger partial charge < -0.3 is 9.73 Å². The number of nitro groups is 1. The van der Waals surface area contributed by atoms with E-state index in [-0.39, 0.29) is 11.6 Å². The molecule has 29 heavy (non-hydrogen) atoms. The van der Waals surface area contributed by atoms with Crippen LogP contribution in [-0.4, -0.2) is 15.8 Å². The molecule has 1 N–H and O–H groups in total. The molecule has 0 fully saturated rings. The van der Waals surface area contributed by atoms with Gasteiger partial charge in [-0.15, -0.1) is 0 Å². The molecule has 3 aromatic carbocycles. The van der Waals surface area contributed by atoms with Crippen LogP contribution in [0, 0.1) is 10.1 Å². The lowest BCUT2D eigenvalue weighted by atomic mass is 10.2. The summed E-state index contributed by atoms with van der Waals surface area (Å²) in [5.41, 5.74) is 3.22. The van der Waals surface area contributed by atoms with Crippen LogP contribution in [0.15, 0.2) is 83.3 Å². The second-order valence-electron chi connectivity index (χ2n) is 6.24. The predicted octanol–water partition coefficient (Wildman–Crippen LogP) is 5.05. The quantitative estimate of drug-likeness (QED) is 0.294. The van der Waals surface area contributed by atoms with Gasteiger partial charge in [-0.2, -0.15) is 0 Å². The van der Waals surface area contributed by atoms with Crippen LogP contribution in [-0.2, 0) is 4.79 Å². The molecule has 7 nitrogen and oxygen atoms in total. The molecular formula is C22H15N3O4. The summed E-state index contributed by atoms with van der Waals surface area (Å²) < 4.78 is 5.76. The zero-order chi connectivity index (χ0) is 20.2. The van der Waals surface area contributed by atoms with Crippen molar-refractivity contribution < 1.29 is 14.1 Å². The summed E-state index contributed by atoms with van der Waals surface area (Å²) in [5, 5.41) is 13.6. The van der Waals surface area contributed by atoms with E-state index in [1.807, 2.05) is 30.3 Å². The van der Waals surface area contributed by atoms with Crippen molar-refractivity contribution in [2.75, 3.05) is 5.32 Å². The van der Waals surface area contributed by atoms with Crippen molar-refractivity contribution in [1.29, 1.82) is 0 Å². The van der Waals surface area contributed by atoms with E-state index in [2.05, 4.69) is 10.3 Å².